The van der Waals surface area contributed by atoms with Gasteiger partial charge in [0.05, 0.1) is 116 Å². The number of carbonyl (C=O) groups excluding carboxylic acids is 8. The van der Waals surface area contributed by atoms with Gasteiger partial charge in [-0.2, -0.15) is 0 Å². The fourth-order valence-electron chi connectivity index (χ4n) is 10.4. The van der Waals surface area contributed by atoms with Gasteiger partial charge in [-0.1, -0.05) is 179 Å². The molecule has 44 nitrogen and oxygen atoms in total. The van der Waals surface area contributed by atoms with Gasteiger partial charge in [0.15, 0.2) is 30.9 Å². The van der Waals surface area contributed by atoms with E-state index in [2.05, 4.69) is 75.7 Å². The van der Waals surface area contributed by atoms with E-state index in [9.17, 15) is 73.8 Å². The molecule has 3 aliphatic heterocycles. The molecule has 0 aromatic heterocycles. The van der Waals surface area contributed by atoms with Crippen molar-refractivity contribution in [2.45, 2.75) is 206 Å². The number of esters is 8. The first kappa shape index (κ1) is 157. The van der Waals surface area contributed by atoms with Crippen LogP contribution in [0, 0.1) is 5.92 Å². The van der Waals surface area contributed by atoms with E-state index in [0.717, 1.165) is 35.9 Å². The number of hydrogen-bond donors (Lipinski definition) is 8. The number of aliphatic hydroxyl groups is 6. The quantitative estimate of drug-likeness (QED) is 0.00446. The lowest BCUT2D eigenvalue weighted by Crippen LogP contribution is -2.69. The molecule has 846 valence electrons. The van der Waals surface area contributed by atoms with E-state index in [-0.39, 0.29) is 111 Å². The monoisotopic (exact) mass is 2140 g/mol. The number of aliphatic hydroxyl groups excluding tert-OH is 6. The third-order valence-electron chi connectivity index (χ3n) is 18.1. The fourth-order valence-corrected chi connectivity index (χ4v) is 12.6. The Balaban J connectivity index is -0.000000189. The Morgan fingerprint density at radius 1 is 0.486 bits per heavy atom. The second-order valence-corrected chi connectivity index (χ2v) is 34.0. The maximum Gasteiger partial charge on any atom is 0.335 e. The van der Waals surface area contributed by atoms with Crippen LogP contribution in [0.3, 0.4) is 0 Å². The molecule has 0 spiro atoms. The average molecular weight is 2140 g/mol. The summed E-state index contributed by atoms with van der Waals surface area (Å²) in [5, 5.41) is 77.5. The third-order valence-corrected chi connectivity index (χ3v) is 22.2. The van der Waals surface area contributed by atoms with E-state index in [1.165, 1.54) is 34.1 Å². The van der Waals surface area contributed by atoms with E-state index >= 15 is 0 Å². The molecule has 8 N–H and O–H groups in total. The number of rotatable bonds is 54. The minimum absolute atomic E-state index is 0. The molecule has 3 fully saturated rings. The van der Waals surface area contributed by atoms with Crippen LogP contribution in [-0.2, 0) is 161 Å². The smallest absolute Gasteiger partial charge is 0.335 e. The molecule has 3 aliphatic rings. The number of methoxy groups -OCH3 is 5. The van der Waals surface area contributed by atoms with E-state index in [1.54, 1.807) is 87.4 Å². The number of carboxylic acids is 1. The lowest BCUT2D eigenvalue weighted by molar-refractivity contribution is -0.342. The minimum Gasteiger partial charge on any atom is -0.479 e. The van der Waals surface area contributed by atoms with Gasteiger partial charge in [0, 0.05) is 116 Å². The van der Waals surface area contributed by atoms with Crippen molar-refractivity contribution in [2.75, 3.05) is 202 Å². The number of nitrogens with zero attached hydrogens (tertiary/aromatic N) is 2. The van der Waals surface area contributed by atoms with Crippen molar-refractivity contribution in [3.05, 3.63) is 158 Å². The normalized spacial score (nSPS) is 20.8. The van der Waals surface area contributed by atoms with Crippen LogP contribution < -0.4 is 0 Å². The molecule has 0 amide bonds. The zero-order chi connectivity index (χ0) is 105. The van der Waals surface area contributed by atoms with Crippen molar-refractivity contribution in [1.29, 1.82) is 0 Å². The van der Waals surface area contributed by atoms with Crippen LogP contribution in [0.15, 0.2) is 156 Å². The molecule has 10 unspecified atom stereocenters. The zero-order valence-corrected chi connectivity index (χ0v) is 83.3. The maximum atomic E-state index is 12.6. The zero-order valence-electron chi connectivity index (χ0n) is 81.5. The van der Waals surface area contributed by atoms with E-state index < -0.39 is 173 Å². The molecule has 0 bridgehead atoms. The molecular formula is C99H175BN2O42P2. The molecule has 2 aromatic carbocycles. The molecular weight excluding hydrogens is 1960 g/mol. The van der Waals surface area contributed by atoms with Gasteiger partial charge in [-0.05, 0) is 58.2 Å². The summed E-state index contributed by atoms with van der Waals surface area (Å²) in [6.07, 6.45) is -6.06. The van der Waals surface area contributed by atoms with Crippen molar-refractivity contribution in [1.82, 2.24) is 0 Å². The van der Waals surface area contributed by atoms with Crippen molar-refractivity contribution >= 4 is 88.7 Å². The number of aliphatic carboxylic acids is 1. The SMILES string of the molecule is C.C.C.C.C.C.C.C.C=C(C)C(=O)OC1[C@@H](OC)OC(CC)[C@@H](O)[C@H]1O.C=C(C)C(=O)OCCOC(=O)C(=C)C.C=CC(=O)OCCOC(=O)C=C.CC(O)COC(=O)C=CC(=O)OCCOO.CN=P(C)(OC/C=C/c1ccccc1)OCCOCCOC.CN=P(C)(OCCOCCOC)OCCOCCOC.[B][C@@]1(O[C@@H]2OC(C(=O)O)C(OC)[C@H](O)C2OC(=O)C=Cc2ccccc2)C(O)C(CO)O[C@@H](C)C1C. The summed E-state index contributed by atoms with van der Waals surface area (Å²) in [7, 11) is 13.0. The highest BCUT2D eigenvalue weighted by Crippen LogP contribution is 2.48. The molecule has 3 saturated heterocycles. The highest BCUT2D eigenvalue weighted by molar-refractivity contribution is 7.55. The van der Waals surface area contributed by atoms with Gasteiger partial charge in [0.25, 0.3) is 0 Å². The summed E-state index contributed by atoms with van der Waals surface area (Å²) in [6, 6.07) is 19.0. The second kappa shape index (κ2) is 93.4. The molecule has 47 heteroatoms. The van der Waals surface area contributed by atoms with Crippen LogP contribution in [-0.4, -0.2) is 396 Å². The number of hydrogen-bond acceptors (Lipinski definition) is 43. The first-order chi connectivity index (χ1) is 65.5. The van der Waals surface area contributed by atoms with Gasteiger partial charge < -0.3 is 149 Å². The fraction of sp³-hybridized carbons (Fsp3) is 0.626. The molecule has 0 saturated carbocycles. The Morgan fingerprint density at radius 3 is 1.27 bits per heavy atom. The molecule has 0 aliphatic carbocycles. The number of ether oxygens (including phenoxy) is 20. The van der Waals surface area contributed by atoms with Gasteiger partial charge in [0.1, 0.15) is 90.7 Å². The number of benzene rings is 2. The summed E-state index contributed by atoms with van der Waals surface area (Å²) >= 11 is 0. The van der Waals surface area contributed by atoms with Crippen molar-refractivity contribution in [3.8, 4) is 0 Å². The first-order valence-electron chi connectivity index (χ1n) is 43.0. The van der Waals surface area contributed by atoms with Crippen LogP contribution in [0.4, 0.5) is 0 Å². The van der Waals surface area contributed by atoms with Gasteiger partial charge in [-0.15, -0.1) is 0 Å². The minimum atomic E-state index is -2.16. The van der Waals surface area contributed by atoms with Crippen LogP contribution in [0.1, 0.15) is 125 Å². The predicted molar refractivity (Wildman–Crippen MR) is 556 cm³/mol. The summed E-state index contributed by atoms with van der Waals surface area (Å²) in [4.78, 5) is 104. The van der Waals surface area contributed by atoms with Gasteiger partial charge >= 0.3 is 53.7 Å². The van der Waals surface area contributed by atoms with E-state index in [4.69, 9.17) is 103 Å². The van der Waals surface area contributed by atoms with E-state index in [1.807, 2.05) is 68.8 Å². The van der Waals surface area contributed by atoms with Crippen molar-refractivity contribution in [3.63, 3.8) is 0 Å². The lowest BCUT2D eigenvalue weighted by Gasteiger charge is -2.53. The number of carboxylic acid groups (broad SMARTS) is 1. The summed E-state index contributed by atoms with van der Waals surface area (Å²) in [5.41, 5.74) is 0.763. The molecule has 146 heavy (non-hydrogen) atoms. The van der Waals surface area contributed by atoms with Gasteiger partial charge in [-0.3, -0.25) is 14.7 Å². The number of carbonyl (C=O) groups is 9. The molecule has 2 radical (unpaired) electrons. The Kier molecular flexibility index (Phi) is 101. The molecule has 3 heterocycles. The maximum absolute atomic E-state index is 12.6. The van der Waals surface area contributed by atoms with E-state index in [0.29, 0.717) is 109 Å². The summed E-state index contributed by atoms with van der Waals surface area (Å²) in [6.45, 7) is 37.5. The van der Waals surface area contributed by atoms with Crippen molar-refractivity contribution in [2.24, 2.45) is 15.4 Å². The largest absolute Gasteiger partial charge is 0.479 e. The molecule has 2 aromatic rings. The predicted octanol–water partition coefficient (Wildman–Crippen LogP) is 11.0. The Labute approximate surface area is 867 Å². The summed E-state index contributed by atoms with van der Waals surface area (Å²) < 4.78 is 132. The average Bonchev–Trinajstić information content (AvgIpc) is 0.751. The lowest BCUT2D eigenvalue weighted by atomic mass is 9.63. The second-order valence-electron chi connectivity index (χ2n) is 29.0. The third kappa shape index (κ3) is 69.4. The Hall–Kier alpha value is -8.85. The first-order valence-corrected chi connectivity index (χ1v) is 47.1. The van der Waals surface area contributed by atoms with Gasteiger partial charge in [-0.25, -0.2) is 48.0 Å². The standard InChI is InChI=1S/C24H31BO11.C16H26NO4P.C12H28NO6P.C12H20O6.C10H14O4.C9H14O7.C8H10O4.8CH4/c1-12-13(2)33-15(11-26)21(29)24(12,25)36-23-19(17(28)18(32-3)20(35-23)22(30)31)34-16(27)10-9-14-7-5-4-6-8-14;1-17-22(3,21-15-14-19-13-12-18-2)20-11-7-10-16-8-5-4-6-9-16;1-13-20(4,18-11-9-16-7-5-14-2)19-12-10-17-8-6-15-3;1-5-7-8(13)9(14)10(12(16-4)17-7)18-11(15)6(2)3;1-7(2)9(11)13-5-6-14-10(12)8(3)4;1-7(10)6-15-9(12)3-2-8(11)14-4-5-16-13;1-3-7(9)11-5-6-12-8(10)4-2;;;;;;;;/h4-10,12-13,15,17-21,23,26,28-29H,11H2,1-3H3,(H,30,31);4-10H,11-15H2,1-3H3;5-12H2,1-4H3;7-10,12-14H,2,5H2,1,3-4H3;1,3,5-6H2,2,4H3;2-3,7,10,13H,4-6H2,1H3;3-4H,1-2,5-6H2;8*1H4/b;10-7+;;;;;;;;;;;;;/t12?,13-,15?,17-,18?,19?,20?,21?,23-,24-;;;7?,8-,9-,10?,12+;;;;;;;;;;;/m0..1.........../s1. The summed E-state index contributed by atoms with van der Waals surface area (Å²) in [5.74, 6) is -7.25. The van der Waals surface area contributed by atoms with Crippen LogP contribution in [0.5, 0.6) is 0 Å². The highest BCUT2D eigenvalue weighted by Gasteiger charge is 2.57. The van der Waals surface area contributed by atoms with Crippen LogP contribution in [0.2, 0.25) is 0 Å². The Morgan fingerprint density at radius 2 is 0.890 bits per heavy atom. The van der Waals surface area contributed by atoms with Crippen LogP contribution in [0.25, 0.3) is 12.2 Å². The Bertz CT molecular complexity index is 3980. The van der Waals surface area contributed by atoms with Crippen molar-refractivity contribution < 1.29 is 202 Å². The molecule has 5 rings (SSSR count). The van der Waals surface area contributed by atoms with Crippen LogP contribution >= 0.6 is 15.0 Å². The topological polar surface area (TPSA) is 571 Å². The highest BCUT2D eigenvalue weighted by atomic mass is 31.2. The van der Waals surface area contributed by atoms with Gasteiger partial charge in [0.2, 0.25) is 15.0 Å². The molecule has 17 atom stereocenters.